The number of nitrogens with one attached hydrogen (secondary N) is 1. The lowest BCUT2D eigenvalue weighted by molar-refractivity contribution is -0.133. The Labute approximate surface area is 139 Å². The normalized spacial score (nSPS) is 17.5. The summed E-state index contributed by atoms with van der Waals surface area (Å²) in [7, 11) is 0. The molecule has 1 fully saturated rings. The van der Waals surface area contributed by atoms with E-state index in [9.17, 15) is 13.6 Å². The van der Waals surface area contributed by atoms with Gasteiger partial charge in [0.25, 0.3) is 11.5 Å². The van der Waals surface area contributed by atoms with E-state index in [0.717, 1.165) is 26.2 Å². The maximum Gasteiger partial charge on any atom is 0.272 e. The summed E-state index contributed by atoms with van der Waals surface area (Å²) in [4.78, 5) is 16.6. The highest BCUT2D eigenvalue weighted by Gasteiger charge is 2.43. The van der Waals surface area contributed by atoms with Crippen molar-refractivity contribution in [1.29, 1.82) is 0 Å². The predicted molar refractivity (Wildman–Crippen MR) is 90.0 cm³/mol. The maximum absolute atomic E-state index is 13.1. The summed E-state index contributed by atoms with van der Waals surface area (Å²) in [6, 6.07) is 9.50. The van der Waals surface area contributed by atoms with Crippen molar-refractivity contribution in [1.82, 2.24) is 9.88 Å². The van der Waals surface area contributed by atoms with E-state index in [1.807, 2.05) is 30.3 Å². The highest BCUT2D eigenvalue weighted by molar-refractivity contribution is 9.10. The van der Waals surface area contributed by atoms with Crippen LogP contribution in [0.1, 0.15) is 5.56 Å². The van der Waals surface area contributed by atoms with Crippen LogP contribution >= 0.6 is 15.9 Å². The third-order valence-corrected chi connectivity index (χ3v) is 4.72. The Bertz CT molecular complexity index is 975. The molecule has 23 heavy (non-hydrogen) atoms. The highest BCUT2D eigenvalue weighted by Crippen LogP contribution is 2.33. The molecule has 6 heteroatoms. The molecule has 1 aromatic heterocycles. The number of benzene rings is 2. The molecule has 1 aliphatic rings. The van der Waals surface area contributed by atoms with E-state index < -0.39 is 5.92 Å². The summed E-state index contributed by atoms with van der Waals surface area (Å²) < 4.78 is 27.0. The first-order valence-corrected chi connectivity index (χ1v) is 8.05. The molecular formula is C17H13BrF2N2O. The lowest BCUT2D eigenvalue weighted by Gasteiger charge is -2.38. The molecule has 1 saturated heterocycles. The van der Waals surface area contributed by atoms with E-state index in [1.165, 1.54) is 0 Å². The van der Waals surface area contributed by atoms with E-state index >= 15 is 0 Å². The number of hydrogen-bond acceptors (Lipinski definition) is 2. The van der Waals surface area contributed by atoms with Gasteiger partial charge in [-0.25, -0.2) is 8.78 Å². The van der Waals surface area contributed by atoms with Crippen LogP contribution in [0.15, 0.2) is 45.8 Å². The van der Waals surface area contributed by atoms with Crippen LogP contribution in [0.4, 0.5) is 8.78 Å². The largest absolute Gasteiger partial charge is 0.329 e. The third-order valence-electron chi connectivity index (χ3n) is 4.22. The number of H-pyrrole nitrogens is 1. The average Bonchev–Trinajstić information content (AvgIpc) is 2.45. The molecule has 3 nitrogen and oxygen atoms in total. The molecule has 4 rings (SSSR count). The first-order chi connectivity index (χ1) is 10.9. The number of rotatable bonds is 2. The van der Waals surface area contributed by atoms with Crippen LogP contribution in [0.5, 0.6) is 0 Å². The zero-order valence-electron chi connectivity index (χ0n) is 12.1. The number of alkyl halides is 2. The fourth-order valence-corrected chi connectivity index (χ4v) is 3.61. The van der Waals surface area contributed by atoms with Gasteiger partial charge in [0.15, 0.2) is 0 Å². The first-order valence-electron chi connectivity index (χ1n) is 7.26. The summed E-state index contributed by atoms with van der Waals surface area (Å²) in [5, 5.41) is 3.21. The minimum absolute atomic E-state index is 0.146. The Morgan fingerprint density at radius 2 is 1.96 bits per heavy atom. The molecule has 2 heterocycles. The number of fused-ring (bicyclic) bond motifs is 3. The van der Waals surface area contributed by atoms with Gasteiger partial charge in [0, 0.05) is 17.2 Å². The Hall–Kier alpha value is -1.79. The first kappa shape index (κ1) is 14.8. The second-order valence-corrected chi connectivity index (χ2v) is 6.91. The van der Waals surface area contributed by atoms with Gasteiger partial charge in [-0.3, -0.25) is 9.69 Å². The van der Waals surface area contributed by atoms with Crippen molar-refractivity contribution in [2.24, 2.45) is 0 Å². The number of halogens is 3. The van der Waals surface area contributed by atoms with Gasteiger partial charge >= 0.3 is 0 Å². The summed E-state index contributed by atoms with van der Waals surface area (Å²) in [5.74, 6) is -2.58. The third kappa shape index (κ3) is 2.56. The monoisotopic (exact) mass is 378 g/mol. The molecule has 0 unspecified atom stereocenters. The Morgan fingerprint density at radius 3 is 2.70 bits per heavy atom. The van der Waals surface area contributed by atoms with Crippen LogP contribution in [0.3, 0.4) is 0 Å². The average molecular weight is 379 g/mol. The highest BCUT2D eigenvalue weighted by atomic mass is 79.9. The number of hydrogen-bond donors (Lipinski definition) is 1. The van der Waals surface area contributed by atoms with Crippen LogP contribution in [0.2, 0.25) is 0 Å². The van der Waals surface area contributed by atoms with Crippen molar-refractivity contribution in [3.05, 3.63) is 56.9 Å². The van der Waals surface area contributed by atoms with Crippen molar-refractivity contribution in [3.63, 3.8) is 0 Å². The molecule has 2 aromatic carbocycles. The van der Waals surface area contributed by atoms with Crippen molar-refractivity contribution < 1.29 is 8.78 Å². The molecular weight excluding hydrogens is 366 g/mol. The van der Waals surface area contributed by atoms with Crippen molar-refractivity contribution in [2.45, 2.75) is 12.5 Å². The SMILES string of the molecule is O=c1[nH]ccc2cc(CN3CC(F)(F)C3)c3ccc(Br)cc3c12. The smallest absolute Gasteiger partial charge is 0.272 e. The fraction of sp³-hybridized carbons (Fsp3) is 0.235. The Morgan fingerprint density at radius 1 is 1.17 bits per heavy atom. The fourth-order valence-electron chi connectivity index (χ4n) is 3.25. The van der Waals surface area contributed by atoms with Crippen LogP contribution in [-0.4, -0.2) is 28.9 Å². The van der Waals surface area contributed by atoms with Gasteiger partial charge in [0.2, 0.25) is 0 Å². The molecule has 0 radical (unpaired) electrons. The van der Waals surface area contributed by atoms with Crippen LogP contribution < -0.4 is 5.56 Å². The summed E-state index contributed by atoms with van der Waals surface area (Å²) in [5.41, 5.74) is 0.814. The molecule has 0 atom stereocenters. The lowest BCUT2D eigenvalue weighted by Crippen LogP contribution is -2.55. The minimum Gasteiger partial charge on any atom is -0.329 e. The molecule has 1 N–H and O–H groups in total. The zero-order valence-corrected chi connectivity index (χ0v) is 13.7. The predicted octanol–water partition coefficient (Wildman–Crippen LogP) is 3.89. The number of aromatic nitrogens is 1. The standard InChI is InChI=1S/C17H13BrF2N2O/c18-12-1-2-13-11(7-22-8-17(19,20)9-22)5-10-3-4-21-16(23)15(10)14(13)6-12/h1-6H,7-9H2,(H,21,23). The zero-order chi connectivity index (χ0) is 16.2. The lowest BCUT2D eigenvalue weighted by atomic mass is 9.97. The molecule has 0 saturated carbocycles. The van der Waals surface area contributed by atoms with Crippen LogP contribution in [0.25, 0.3) is 21.5 Å². The van der Waals surface area contributed by atoms with Gasteiger partial charge in [-0.15, -0.1) is 0 Å². The van der Waals surface area contributed by atoms with Crippen molar-refractivity contribution in [2.75, 3.05) is 13.1 Å². The van der Waals surface area contributed by atoms with Gasteiger partial charge < -0.3 is 4.98 Å². The van der Waals surface area contributed by atoms with E-state index in [4.69, 9.17) is 0 Å². The molecule has 0 aliphatic carbocycles. The summed E-state index contributed by atoms with van der Waals surface area (Å²) in [6.07, 6.45) is 1.61. The van der Waals surface area contributed by atoms with Crippen LogP contribution in [0, 0.1) is 0 Å². The maximum atomic E-state index is 13.1. The number of nitrogens with zero attached hydrogens (tertiary/aromatic N) is 1. The molecule has 1 aliphatic heterocycles. The number of likely N-dealkylation sites (tertiary alicyclic amines) is 1. The van der Waals surface area contributed by atoms with Crippen molar-refractivity contribution in [3.8, 4) is 0 Å². The molecule has 118 valence electrons. The van der Waals surface area contributed by atoms with Crippen molar-refractivity contribution >= 4 is 37.5 Å². The van der Waals surface area contributed by atoms with E-state index in [1.54, 1.807) is 11.1 Å². The second kappa shape index (κ2) is 5.11. The number of pyridine rings is 1. The summed E-state index contributed by atoms with van der Waals surface area (Å²) >= 11 is 3.44. The van der Waals surface area contributed by atoms with E-state index in [-0.39, 0.29) is 18.6 Å². The molecule has 3 aromatic rings. The van der Waals surface area contributed by atoms with Gasteiger partial charge in [-0.05, 0) is 46.0 Å². The van der Waals surface area contributed by atoms with Gasteiger partial charge in [-0.2, -0.15) is 0 Å². The Balaban J connectivity index is 1.91. The van der Waals surface area contributed by atoms with Gasteiger partial charge in [-0.1, -0.05) is 22.0 Å². The molecule has 0 bridgehead atoms. The summed E-state index contributed by atoms with van der Waals surface area (Å²) in [6.45, 7) is 0.0350. The van der Waals surface area contributed by atoms with Gasteiger partial charge in [0.05, 0.1) is 18.5 Å². The molecule has 0 amide bonds. The Kier molecular flexibility index (Phi) is 3.28. The molecule has 0 spiro atoms. The van der Waals surface area contributed by atoms with Crippen LogP contribution in [-0.2, 0) is 6.54 Å². The minimum atomic E-state index is -2.58. The topological polar surface area (TPSA) is 36.1 Å². The quantitative estimate of drug-likeness (QED) is 0.686. The van der Waals surface area contributed by atoms with Gasteiger partial charge in [0.1, 0.15) is 0 Å². The van der Waals surface area contributed by atoms with E-state index in [2.05, 4.69) is 20.9 Å². The second-order valence-electron chi connectivity index (χ2n) is 6.00. The number of aromatic amines is 1. The van der Waals surface area contributed by atoms with E-state index in [0.29, 0.717) is 11.9 Å².